The van der Waals surface area contributed by atoms with Gasteiger partial charge in [-0.2, -0.15) is 13.2 Å². The van der Waals surface area contributed by atoms with Crippen LogP contribution < -0.4 is 0 Å². The fourth-order valence-corrected chi connectivity index (χ4v) is 1.90. The third-order valence-electron chi connectivity index (χ3n) is 2.77. The van der Waals surface area contributed by atoms with Gasteiger partial charge in [0.1, 0.15) is 0 Å². The lowest BCUT2D eigenvalue weighted by atomic mass is 9.97. The molecule has 0 aliphatic carbocycles. The molecule has 0 aromatic heterocycles. The number of hydrogen-bond donors (Lipinski definition) is 0. The van der Waals surface area contributed by atoms with Gasteiger partial charge >= 0.3 is 6.18 Å². The highest BCUT2D eigenvalue weighted by atomic mass is 19.4. The largest absolute Gasteiger partial charge is 0.417 e. The van der Waals surface area contributed by atoms with E-state index >= 15 is 0 Å². The zero-order valence-corrected chi connectivity index (χ0v) is 10.1. The van der Waals surface area contributed by atoms with E-state index in [1.54, 1.807) is 0 Å². The van der Waals surface area contributed by atoms with Gasteiger partial charge in [0.15, 0.2) is 11.6 Å². The minimum absolute atomic E-state index is 0.493. The van der Waals surface area contributed by atoms with Crippen molar-refractivity contribution in [2.45, 2.75) is 6.18 Å². The van der Waals surface area contributed by atoms with Crippen molar-refractivity contribution in [2.24, 2.45) is 0 Å². The van der Waals surface area contributed by atoms with E-state index in [0.717, 1.165) is 18.2 Å². The standard InChI is InChI=1S/C13H6F5NO2/c14-9-5-6-10(19(20)21)11(12(9)15)7-3-1-2-4-8(7)13(16,17)18/h1-6H. The number of nitrogens with zero attached hydrogens (tertiary/aromatic N) is 1. The first-order valence-electron chi connectivity index (χ1n) is 5.52. The van der Waals surface area contributed by atoms with E-state index in [0.29, 0.717) is 18.2 Å². The maximum Gasteiger partial charge on any atom is 0.417 e. The highest BCUT2D eigenvalue weighted by Gasteiger charge is 2.36. The molecule has 0 bridgehead atoms. The zero-order chi connectivity index (χ0) is 15.8. The van der Waals surface area contributed by atoms with Gasteiger partial charge in [0.25, 0.3) is 5.69 Å². The Morgan fingerprint density at radius 1 is 1.00 bits per heavy atom. The molecule has 0 heterocycles. The van der Waals surface area contributed by atoms with Crippen LogP contribution in [0.2, 0.25) is 0 Å². The fourth-order valence-electron chi connectivity index (χ4n) is 1.90. The number of alkyl halides is 3. The maximum absolute atomic E-state index is 13.8. The molecule has 0 unspecified atom stereocenters. The summed E-state index contributed by atoms with van der Waals surface area (Å²) in [5.41, 5.74) is -4.02. The van der Waals surface area contributed by atoms with Crippen LogP contribution in [0, 0.1) is 21.7 Å². The van der Waals surface area contributed by atoms with Crippen molar-refractivity contribution in [3.63, 3.8) is 0 Å². The first-order chi connectivity index (χ1) is 9.73. The Kier molecular flexibility index (Phi) is 3.63. The number of halogens is 5. The average Bonchev–Trinajstić information content (AvgIpc) is 2.40. The number of nitro benzene ring substituents is 1. The summed E-state index contributed by atoms with van der Waals surface area (Å²) in [5, 5.41) is 10.9. The van der Waals surface area contributed by atoms with Crippen LogP contribution in [-0.4, -0.2) is 4.92 Å². The van der Waals surface area contributed by atoms with E-state index in [-0.39, 0.29) is 0 Å². The Bertz CT molecular complexity index is 712. The van der Waals surface area contributed by atoms with Crippen molar-refractivity contribution in [2.75, 3.05) is 0 Å². The summed E-state index contributed by atoms with van der Waals surface area (Å²) >= 11 is 0. The molecular formula is C13H6F5NO2. The SMILES string of the molecule is O=[N+]([O-])c1ccc(F)c(F)c1-c1ccccc1C(F)(F)F. The first-order valence-corrected chi connectivity index (χ1v) is 5.52. The molecule has 8 heteroatoms. The molecule has 2 rings (SSSR count). The Hall–Kier alpha value is -2.51. The molecule has 2 aromatic rings. The molecule has 0 radical (unpaired) electrons. The van der Waals surface area contributed by atoms with E-state index in [9.17, 15) is 32.1 Å². The number of hydrogen-bond acceptors (Lipinski definition) is 2. The van der Waals surface area contributed by atoms with Crippen molar-refractivity contribution < 1.29 is 26.9 Å². The third-order valence-corrected chi connectivity index (χ3v) is 2.77. The Labute approximate surface area is 114 Å². The zero-order valence-electron chi connectivity index (χ0n) is 10.1. The Morgan fingerprint density at radius 2 is 1.62 bits per heavy atom. The van der Waals surface area contributed by atoms with Crippen molar-refractivity contribution in [3.8, 4) is 11.1 Å². The molecule has 0 N–H and O–H groups in total. The van der Waals surface area contributed by atoms with Gasteiger partial charge in [-0.1, -0.05) is 18.2 Å². The molecule has 2 aromatic carbocycles. The van der Waals surface area contributed by atoms with E-state index in [1.165, 1.54) is 0 Å². The lowest BCUT2D eigenvalue weighted by molar-refractivity contribution is -0.384. The van der Waals surface area contributed by atoms with E-state index in [4.69, 9.17) is 0 Å². The average molecular weight is 303 g/mol. The summed E-state index contributed by atoms with van der Waals surface area (Å²) in [6.45, 7) is 0. The van der Waals surface area contributed by atoms with Gasteiger partial charge in [0, 0.05) is 11.6 Å². The maximum atomic E-state index is 13.8. The molecular weight excluding hydrogens is 297 g/mol. The van der Waals surface area contributed by atoms with Crippen molar-refractivity contribution in [1.29, 1.82) is 0 Å². The van der Waals surface area contributed by atoms with Crippen LogP contribution in [0.3, 0.4) is 0 Å². The molecule has 0 saturated heterocycles. The summed E-state index contributed by atoms with van der Waals surface area (Å²) in [6.07, 6.45) is -4.86. The van der Waals surface area contributed by atoms with Gasteiger partial charge in [-0.15, -0.1) is 0 Å². The van der Waals surface area contributed by atoms with Crippen LogP contribution in [-0.2, 0) is 6.18 Å². The fraction of sp³-hybridized carbons (Fsp3) is 0.0769. The number of nitro groups is 1. The predicted octanol–water partition coefficient (Wildman–Crippen LogP) is 4.56. The van der Waals surface area contributed by atoms with Gasteiger partial charge < -0.3 is 0 Å². The van der Waals surface area contributed by atoms with Crippen molar-refractivity contribution >= 4 is 5.69 Å². The van der Waals surface area contributed by atoms with Crippen LogP contribution in [0.4, 0.5) is 27.6 Å². The molecule has 0 fully saturated rings. The minimum atomic E-state index is -4.86. The second-order valence-corrected chi connectivity index (χ2v) is 4.06. The lowest BCUT2D eigenvalue weighted by Gasteiger charge is -2.13. The smallest absolute Gasteiger partial charge is 0.258 e. The molecule has 0 spiro atoms. The Balaban J connectivity index is 2.85. The van der Waals surface area contributed by atoms with Crippen LogP contribution in [0.15, 0.2) is 36.4 Å². The molecule has 0 saturated carbocycles. The number of rotatable bonds is 2. The topological polar surface area (TPSA) is 43.1 Å². The predicted molar refractivity (Wildman–Crippen MR) is 63.5 cm³/mol. The summed E-state index contributed by atoms with van der Waals surface area (Å²) in [4.78, 5) is 9.79. The van der Waals surface area contributed by atoms with Crippen LogP contribution in [0.25, 0.3) is 11.1 Å². The van der Waals surface area contributed by atoms with Crippen molar-refractivity contribution in [1.82, 2.24) is 0 Å². The normalized spacial score (nSPS) is 11.5. The highest BCUT2D eigenvalue weighted by Crippen LogP contribution is 2.41. The minimum Gasteiger partial charge on any atom is -0.258 e. The Morgan fingerprint density at radius 3 is 2.19 bits per heavy atom. The summed E-state index contributed by atoms with van der Waals surface area (Å²) in [6, 6.07) is 4.82. The molecule has 0 atom stereocenters. The summed E-state index contributed by atoms with van der Waals surface area (Å²) < 4.78 is 65.8. The summed E-state index contributed by atoms with van der Waals surface area (Å²) in [5.74, 6) is -3.16. The van der Waals surface area contributed by atoms with Crippen molar-refractivity contribution in [3.05, 3.63) is 63.7 Å². The van der Waals surface area contributed by atoms with Gasteiger partial charge in [-0.3, -0.25) is 10.1 Å². The van der Waals surface area contributed by atoms with Gasteiger partial charge in [-0.05, 0) is 12.1 Å². The van der Waals surface area contributed by atoms with E-state index in [2.05, 4.69) is 0 Å². The number of benzene rings is 2. The lowest BCUT2D eigenvalue weighted by Crippen LogP contribution is -2.08. The van der Waals surface area contributed by atoms with Crippen LogP contribution >= 0.6 is 0 Å². The molecule has 110 valence electrons. The van der Waals surface area contributed by atoms with Gasteiger partial charge in [0.05, 0.1) is 16.1 Å². The first kappa shape index (κ1) is 14.9. The van der Waals surface area contributed by atoms with Gasteiger partial charge in [0.2, 0.25) is 0 Å². The second-order valence-electron chi connectivity index (χ2n) is 4.06. The molecule has 21 heavy (non-hydrogen) atoms. The highest BCUT2D eigenvalue weighted by molar-refractivity contribution is 5.77. The molecule has 0 amide bonds. The van der Waals surface area contributed by atoms with Crippen LogP contribution in [0.5, 0.6) is 0 Å². The monoisotopic (exact) mass is 303 g/mol. The molecule has 3 nitrogen and oxygen atoms in total. The summed E-state index contributed by atoms with van der Waals surface area (Å²) in [7, 11) is 0. The van der Waals surface area contributed by atoms with Crippen LogP contribution in [0.1, 0.15) is 5.56 Å². The van der Waals surface area contributed by atoms with Gasteiger partial charge in [-0.25, -0.2) is 8.78 Å². The molecule has 0 aliphatic rings. The molecule has 0 aliphatic heterocycles. The second kappa shape index (κ2) is 5.12. The third kappa shape index (κ3) is 2.69. The quantitative estimate of drug-likeness (QED) is 0.464. The van der Waals surface area contributed by atoms with E-state index in [1.807, 2.05) is 0 Å². The van der Waals surface area contributed by atoms with E-state index < -0.39 is 45.1 Å².